The van der Waals surface area contributed by atoms with Crippen molar-refractivity contribution in [1.29, 1.82) is 0 Å². The van der Waals surface area contributed by atoms with Crippen molar-refractivity contribution in [3.8, 4) is 22.6 Å². The highest BCUT2D eigenvalue weighted by molar-refractivity contribution is 6.04. The molecule has 3 N–H and O–H groups in total. The van der Waals surface area contributed by atoms with Crippen LogP contribution < -0.4 is 5.32 Å². The summed E-state index contributed by atoms with van der Waals surface area (Å²) in [4.78, 5) is 16.6. The molecule has 30 heavy (non-hydrogen) atoms. The normalized spacial score (nSPS) is 11.0. The van der Waals surface area contributed by atoms with Gasteiger partial charge in [-0.15, -0.1) is 0 Å². The van der Waals surface area contributed by atoms with Crippen LogP contribution >= 0.6 is 0 Å². The molecule has 0 radical (unpaired) electrons. The highest BCUT2D eigenvalue weighted by Crippen LogP contribution is 2.29. The van der Waals surface area contributed by atoms with Crippen LogP contribution in [0.2, 0.25) is 0 Å². The van der Waals surface area contributed by atoms with E-state index in [1.165, 1.54) is 30.6 Å². The van der Waals surface area contributed by atoms with Crippen LogP contribution in [-0.4, -0.2) is 31.3 Å². The second-order valence-electron chi connectivity index (χ2n) is 6.71. The van der Waals surface area contributed by atoms with Crippen molar-refractivity contribution in [1.82, 2.24) is 25.4 Å². The van der Waals surface area contributed by atoms with Crippen molar-refractivity contribution >= 4 is 22.5 Å². The van der Waals surface area contributed by atoms with E-state index < -0.39 is 0 Å². The zero-order chi connectivity index (χ0) is 20.5. The van der Waals surface area contributed by atoms with E-state index in [-0.39, 0.29) is 11.7 Å². The third-order valence-corrected chi connectivity index (χ3v) is 4.77. The second kappa shape index (κ2) is 7.25. The molecule has 3 aromatic carbocycles. The standard InChI is InChI=1S/C22H15FN6O/c23-16-6-8-17(9-7-16)26-22(30)14-3-1-13(2-4-14)20-18-11-15(21-24-12-25-29-21)5-10-19(18)27-28-20/h1-12H,(H,26,30)(H,27,28)(H,24,25,29). The molecule has 0 saturated carbocycles. The van der Waals surface area contributed by atoms with Gasteiger partial charge >= 0.3 is 0 Å². The van der Waals surface area contributed by atoms with Gasteiger partial charge in [0.15, 0.2) is 5.82 Å². The number of H-pyrrole nitrogens is 2. The molecule has 0 bridgehead atoms. The highest BCUT2D eigenvalue weighted by Gasteiger charge is 2.12. The van der Waals surface area contributed by atoms with Crippen molar-refractivity contribution in [3.63, 3.8) is 0 Å². The Labute approximate surface area is 170 Å². The molecule has 8 heteroatoms. The number of nitrogens with zero attached hydrogens (tertiary/aromatic N) is 3. The van der Waals surface area contributed by atoms with Crippen molar-refractivity contribution in [3.05, 3.63) is 84.4 Å². The van der Waals surface area contributed by atoms with Gasteiger partial charge in [0.05, 0.1) is 11.2 Å². The maximum atomic E-state index is 13.0. The number of nitrogens with one attached hydrogen (secondary N) is 3. The molecule has 0 aliphatic rings. The summed E-state index contributed by atoms with van der Waals surface area (Å²) in [6.07, 6.45) is 1.46. The van der Waals surface area contributed by atoms with E-state index in [9.17, 15) is 9.18 Å². The molecule has 0 atom stereocenters. The average molecular weight is 398 g/mol. The Morgan fingerprint density at radius 3 is 2.40 bits per heavy atom. The van der Waals surface area contributed by atoms with Crippen LogP contribution in [0, 0.1) is 5.82 Å². The Morgan fingerprint density at radius 1 is 0.900 bits per heavy atom. The number of halogens is 1. The van der Waals surface area contributed by atoms with E-state index in [0.717, 1.165) is 27.7 Å². The number of rotatable bonds is 4. The van der Waals surface area contributed by atoms with E-state index in [2.05, 4.69) is 30.7 Å². The summed E-state index contributed by atoms with van der Waals surface area (Å²) in [5.41, 5.74) is 4.46. The third kappa shape index (κ3) is 3.30. The van der Waals surface area contributed by atoms with Crippen LogP contribution in [0.1, 0.15) is 10.4 Å². The van der Waals surface area contributed by atoms with Gasteiger partial charge in [0.1, 0.15) is 12.1 Å². The predicted molar refractivity (Wildman–Crippen MR) is 111 cm³/mol. The fourth-order valence-corrected chi connectivity index (χ4v) is 3.24. The van der Waals surface area contributed by atoms with E-state index in [1.807, 2.05) is 30.3 Å². The third-order valence-electron chi connectivity index (χ3n) is 4.77. The van der Waals surface area contributed by atoms with Crippen molar-refractivity contribution < 1.29 is 9.18 Å². The maximum Gasteiger partial charge on any atom is 0.255 e. The molecular weight excluding hydrogens is 383 g/mol. The van der Waals surface area contributed by atoms with Crippen LogP contribution in [-0.2, 0) is 0 Å². The Kier molecular flexibility index (Phi) is 4.29. The van der Waals surface area contributed by atoms with E-state index in [4.69, 9.17) is 0 Å². The molecule has 0 aliphatic heterocycles. The van der Waals surface area contributed by atoms with Gasteiger partial charge in [0.2, 0.25) is 0 Å². The fraction of sp³-hybridized carbons (Fsp3) is 0. The zero-order valence-corrected chi connectivity index (χ0v) is 15.6. The highest BCUT2D eigenvalue weighted by atomic mass is 19.1. The second-order valence-corrected chi connectivity index (χ2v) is 6.71. The number of benzene rings is 3. The summed E-state index contributed by atoms with van der Waals surface area (Å²) < 4.78 is 13.0. The topological polar surface area (TPSA) is 99.3 Å². The lowest BCUT2D eigenvalue weighted by molar-refractivity contribution is 0.102. The van der Waals surface area contributed by atoms with Gasteiger partial charge in [-0.3, -0.25) is 15.0 Å². The first-order valence-electron chi connectivity index (χ1n) is 9.18. The summed E-state index contributed by atoms with van der Waals surface area (Å²) >= 11 is 0. The molecule has 0 saturated heterocycles. The Bertz CT molecular complexity index is 1320. The number of carbonyl (C=O) groups is 1. The number of fused-ring (bicyclic) bond motifs is 1. The molecule has 2 heterocycles. The fourth-order valence-electron chi connectivity index (χ4n) is 3.24. The SMILES string of the molecule is O=C(Nc1ccc(F)cc1)c1ccc(-c2n[nH]c3ccc(-c4ncn[nH]4)cc23)cc1. The van der Waals surface area contributed by atoms with Crippen molar-refractivity contribution in [2.24, 2.45) is 0 Å². The number of amides is 1. The minimum atomic E-state index is -0.352. The zero-order valence-electron chi connectivity index (χ0n) is 15.6. The predicted octanol–water partition coefficient (Wildman–Crippen LogP) is 4.41. The number of aromatic amines is 2. The number of carbonyl (C=O) groups excluding carboxylic acids is 1. The lowest BCUT2D eigenvalue weighted by Gasteiger charge is -2.06. The Balaban J connectivity index is 1.42. The first-order chi connectivity index (χ1) is 14.7. The minimum Gasteiger partial charge on any atom is -0.322 e. The Hall–Kier alpha value is -4.33. The molecule has 1 amide bonds. The molecule has 146 valence electrons. The molecule has 0 fully saturated rings. The summed E-state index contributed by atoms with van der Waals surface area (Å²) in [7, 11) is 0. The van der Waals surface area contributed by atoms with Crippen LogP contribution in [0.5, 0.6) is 0 Å². The molecule has 7 nitrogen and oxygen atoms in total. The van der Waals surface area contributed by atoms with Crippen molar-refractivity contribution in [2.75, 3.05) is 5.32 Å². The summed E-state index contributed by atoms with van der Waals surface area (Å²) in [6, 6.07) is 18.7. The average Bonchev–Trinajstić information content (AvgIpc) is 3.45. The first kappa shape index (κ1) is 17.7. The lowest BCUT2D eigenvalue weighted by Crippen LogP contribution is -2.11. The van der Waals surface area contributed by atoms with E-state index in [0.29, 0.717) is 17.1 Å². The number of hydrogen-bond acceptors (Lipinski definition) is 4. The molecule has 0 spiro atoms. The van der Waals surface area contributed by atoms with Gasteiger partial charge in [-0.2, -0.15) is 10.2 Å². The quantitative estimate of drug-likeness (QED) is 0.418. The molecule has 0 aliphatic carbocycles. The van der Waals surface area contributed by atoms with Gasteiger partial charge in [0.25, 0.3) is 5.91 Å². The Morgan fingerprint density at radius 2 is 1.67 bits per heavy atom. The molecule has 2 aromatic heterocycles. The molecular formula is C22H15FN6O. The van der Waals surface area contributed by atoms with Crippen LogP contribution in [0.15, 0.2) is 73.1 Å². The summed E-state index contributed by atoms with van der Waals surface area (Å²) in [6.45, 7) is 0. The smallest absolute Gasteiger partial charge is 0.255 e. The van der Waals surface area contributed by atoms with Gasteiger partial charge in [0, 0.05) is 27.8 Å². The number of aromatic nitrogens is 5. The van der Waals surface area contributed by atoms with Gasteiger partial charge in [-0.05, 0) is 54.6 Å². The van der Waals surface area contributed by atoms with Crippen LogP contribution in [0.3, 0.4) is 0 Å². The van der Waals surface area contributed by atoms with E-state index in [1.54, 1.807) is 12.1 Å². The summed E-state index contributed by atoms with van der Waals surface area (Å²) in [5.74, 6) is 0.0551. The molecule has 5 aromatic rings. The van der Waals surface area contributed by atoms with Gasteiger partial charge in [-0.1, -0.05) is 12.1 Å². The largest absolute Gasteiger partial charge is 0.322 e. The lowest BCUT2D eigenvalue weighted by atomic mass is 10.0. The van der Waals surface area contributed by atoms with Gasteiger partial charge in [-0.25, -0.2) is 9.37 Å². The van der Waals surface area contributed by atoms with Crippen LogP contribution in [0.25, 0.3) is 33.5 Å². The number of anilines is 1. The molecule has 5 rings (SSSR count). The van der Waals surface area contributed by atoms with Gasteiger partial charge < -0.3 is 5.32 Å². The molecule has 0 unspecified atom stereocenters. The van der Waals surface area contributed by atoms with Crippen molar-refractivity contribution in [2.45, 2.75) is 0 Å². The number of hydrogen-bond donors (Lipinski definition) is 3. The van der Waals surface area contributed by atoms with E-state index >= 15 is 0 Å². The minimum absolute atomic E-state index is 0.271. The van der Waals surface area contributed by atoms with Crippen LogP contribution in [0.4, 0.5) is 10.1 Å². The maximum absolute atomic E-state index is 13.0. The summed E-state index contributed by atoms with van der Waals surface area (Å²) in [5, 5.41) is 17.9. The monoisotopic (exact) mass is 398 g/mol. The first-order valence-corrected chi connectivity index (χ1v) is 9.18.